The third-order valence-electron chi connectivity index (χ3n) is 4.86. The van der Waals surface area contributed by atoms with Crippen LogP contribution in [0.2, 0.25) is 0 Å². The summed E-state index contributed by atoms with van der Waals surface area (Å²) in [6.07, 6.45) is 1.75. The van der Waals surface area contributed by atoms with E-state index < -0.39 is 20.0 Å². The van der Waals surface area contributed by atoms with Crippen LogP contribution in [0.25, 0.3) is 0 Å². The van der Waals surface area contributed by atoms with Gasteiger partial charge in [-0.25, -0.2) is 16.8 Å². The summed E-state index contributed by atoms with van der Waals surface area (Å²) < 4.78 is 53.0. The van der Waals surface area contributed by atoms with E-state index in [0.29, 0.717) is 24.3 Å². The second kappa shape index (κ2) is 8.37. The van der Waals surface area contributed by atoms with Crippen molar-refractivity contribution in [1.29, 1.82) is 0 Å². The highest BCUT2D eigenvalue weighted by Crippen LogP contribution is 2.26. The number of sulfonamides is 2. The number of rotatable bonds is 6. The van der Waals surface area contributed by atoms with E-state index >= 15 is 0 Å². The molecule has 0 aromatic heterocycles. The molecule has 1 amide bonds. The molecule has 3 rings (SSSR count). The van der Waals surface area contributed by atoms with E-state index in [-0.39, 0.29) is 23.3 Å². The fourth-order valence-corrected chi connectivity index (χ4v) is 4.94. The number of anilines is 2. The van der Waals surface area contributed by atoms with Gasteiger partial charge in [0.05, 0.1) is 11.2 Å². The van der Waals surface area contributed by atoms with Gasteiger partial charge in [0, 0.05) is 30.4 Å². The molecule has 1 aliphatic rings. The Balaban J connectivity index is 1.77. The summed E-state index contributed by atoms with van der Waals surface area (Å²) in [6.45, 7) is 4.17. The first-order chi connectivity index (χ1) is 14.0. The molecule has 0 atom stereocenters. The smallest absolute Gasteiger partial charge is 0.261 e. The van der Waals surface area contributed by atoms with E-state index in [1.54, 1.807) is 26.0 Å². The maximum atomic E-state index is 12.7. The SMILES string of the molecule is CC(C)C(=O)Nc1ccc(S(=O)(=O)Nc2ccc3c(c2)CN(S(C)(=O)=O)CC3)cc1. The molecule has 2 aromatic rings. The van der Waals surface area contributed by atoms with E-state index in [4.69, 9.17) is 0 Å². The highest BCUT2D eigenvalue weighted by Gasteiger charge is 2.24. The molecule has 0 radical (unpaired) electrons. The van der Waals surface area contributed by atoms with Crippen molar-refractivity contribution in [3.63, 3.8) is 0 Å². The molecule has 0 saturated carbocycles. The van der Waals surface area contributed by atoms with E-state index in [0.717, 1.165) is 17.4 Å². The fraction of sp³-hybridized carbons (Fsp3) is 0.350. The Morgan fingerprint density at radius 1 is 0.967 bits per heavy atom. The number of carbonyl (C=O) groups is 1. The van der Waals surface area contributed by atoms with Crippen molar-refractivity contribution in [3.8, 4) is 0 Å². The molecule has 1 aliphatic heterocycles. The molecule has 10 heteroatoms. The van der Waals surface area contributed by atoms with Crippen LogP contribution >= 0.6 is 0 Å². The van der Waals surface area contributed by atoms with Gasteiger partial charge in [-0.1, -0.05) is 19.9 Å². The molecule has 0 unspecified atom stereocenters. The van der Waals surface area contributed by atoms with Gasteiger partial charge in [-0.15, -0.1) is 0 Å². The Kier molecular flexibility index (Phi) is 6.21. The molecule has 30 heavy (non-hydrogen) atoms. The molecule has 0 saturated heterocycles. The van der Waals surface area contributed by atoms with Gasteiger partial charge in [-0.3, -0.25) is 9.52 Å². The molecule has 2 aromatic carbocycles. The molecular weight excluding hydrogens is 426 g/mol. The van der Waals surface area contributed by atoms with Gasteiger partial charge in [-0.2, -0.15) is 4.31 Å². The van der Waals surface area contributed by atoms with Crippen molar-refractivity contribution < 1.29 is 21.6 Å². The average Bonchev–Trinajstić information content (AvgIpc) is 2.66. The van der Waals surface area contributed by atoms with Gasteiger partial charge < -0.3 is 5.32 Å². The third-order valence-corrected chi connectivity index (χ3v) is 7.51. The second-order valence-electron chi connectivity index (χ2n) is 7.60. The zero-order valence-electron chi connectivity index (χ0n) is 17.0. The monoisotopic (exact) mass is 451 g/mol. The van der Waals surface area contributed by atoms with Gasteiger partial charge in [0.15, 0.2) is 0 Å². The molecule has 162 valence electrons. The molecule has 8 nitrogen and oxygen atoms in total. The Hall–Kier alpha value is -2.43. The number of hydrogen-bond donors (Lipinski definition) is 2. The van der Waals surface area contributed by atoms with Crippen LogP contribution in [0.3, 0.4) is 0 Å². The lowest BCUT2D eigenvalue weighted by atomic mass is 10.0. The van der Waals surface area contributed by atoms with Crippen LogP contribution < -0.4 is 10.0 Å². The summed E-state index contributed by atoms with van der Waals surface area (Å²) in [5.74, 6) is -0.335. The van der Waals surface area contributed by atoms with Crippen molar-refractivity contribution >= 4 is 37.3 Å². The number of nitrogens with zero attached hydrogens (tertiary/aromatic N) is 1. The minimum Gasteiger partial charge on any atom is -0.326 e. The topological polar surface area (TPSA) is 113 Å². The maximum absolute atomic E-state index is 12.7. The number of nitrogens with one attached hydrogen (secondary N) is 2. The van der Waals surface area contributed by atoms with Crippen LogP contribution in [0, 0.1) is 5.92 Å². The summed E-state index contributed by atoms with van der Waals surface area (Å²) in [6, 6.07) is 11.1. The van der Waals surface area contributed by atoms with Crippen LogP contribution in [0.1, 0.15) is 25.0 Å². The van der Waals surface area contributed by atoms with Crippen LogP contribution in [0.4, 0.5) is 11.4 Å². The van der Waals surface area contributed by atoms with Crippen molar-refractivity contribution in [3.05, 3.63) is 53.6 Å². The Labute approximate surface area is 177 Å². The van der Waals surface area contributed by atoms with Crippen LogP contribution in [-0.4, -0.2) is 39.8 Å². The third kappa shape index (κ3) is 5.18. The Morgan fingerprint density at radius 2 is 1.60 bits per heavy atom. The molecule has 2 N–H and O–H groups in total. The number of hydrogen-bond acceptors (Lipinski definition) is 5. The summed E-state index contributed by atoms with van der Waals surface area (Å²) in [4.78, 5) is 11.8. The minimum absolute atomic E-state index is 0.0560. The Morgan fingerprint density at radius 3 is 2.20 bits per heavy atom. The number of carbonyl (C=O) groups excluding carboxylic acids is 1. The molecule has 1 heterocycles. The lowest BCUT2D eigenvalue weighted by molar-refractivity contribution is -0.118. The van der Waals surface area contributed by atoms with Gasteiger partial charge in [0.25, 0.3) is 10.0 Å². The largest absolute Gasteiger partial charge is 0.326 e. The normalized spacial score (nSPS) is 14.9. The van der Waals surface area contributed by atoms with Crippen LogP contribution in [-0.2, 0) is 37.8 Å². The van der Waals surface area contributed by atoms with E-state index in [9.17, 15) is 21.6 Å². The van der Waals surface area contributed by atoms with Crippen LogP contribution in [0.15, 0.2) is 47.4 Å². The standard InChI is InChI=1S/C20H25N3O5S2/c1-14(2)20(24)21-17-6-8-19(9-7-17)30(27,28)22-18-5-4-15-10-11-23(29(3,25)26)13-16(15)12-18/h4-9,12,14,22H,10-11,13H2,1-3H3,(H,21,24). The predicted octanol–water partition coefficient (Wildman–Crippen LogP) is 2.40. The highest BCUT2D eigenvalue weighted by atomic mass is 32.2. The maximum Gasteiger partial charge on any atom is 0.261 e. The fourth-order valence-electron chi connectivity index (χ4n) is 3.10. The molecule has 0 bridgehead atoms. The lowest BCUT2D eigenvalue weighted by Crippen LogP contribution is -2.35. The number of benzene rings is 2. The van der Waals surface area contributed by atoms with Crippen LogP contribution in [0.5, 0.6) is 0 Å². The number of amides is 1. The van der Waals surface area contributed by atoms with Gasteiger partial charge in [0.1, 0.15) is 0 Å². The Bertz CT molecular complexity index is 1160. The summed E-state index contributed by atoms with van der Waals surface area (Å²) >= 11 is 0. The van der Waals surface area contributed by atoms with Gasteiger partial charge >= 0.3 is 0 Å². The van der Waals surface area contributed by atoms with Gasteiger partial charge in [0.2, 0.25) is 15.9 Å². The molecule has 0 fully saturated rings. The first-order valence-corrected chi connectivity index (χ1v) is 12.8. The first kappa shape index (κ1) is 22.3. The number of fused-ring (bicyclic) bond motifs is 1. The van der Waals surface area contributed by atoms with E-state index in [1.165, 1.54) is 28.6 Å². The first-order valence-electron chi connectivity index (χ1n) is 9.46. The lowest BCUT2D eigenvalue weighted by Gasteiger charge is -2.27. The summed E-state index contributed by atoms with van der Waals surface area (Å²) in [7, 11) is -7.15. The zero-order chi connectivity index (χ0) is 22.1. The van der Waals surface area contributed by atoms with E-state index in [2.05, 4.69) is 10.0 Å². The summed E-state index contributed by atoms with van der Waals surface area (Å²) in [5.41, 5.74) is 2.66. The van der Waals surface area contributed by atoms with Crippen molar-refractivity contribution in [1.82, 2.24) is 4.31 Å². The second-order valence-corrected chi connectivity index (χ2v) is 11.3. The van der Waals surface area contributed by atoms with Crippen molar-refractivity contribution in [2.45, 2.75) is 31.7 Å². The minimum atomic E-state index is -3.84. The molecular formula is C20H25N3O5S2. The quantitative estimate of drug-likeness (QED) is 0.700. The van der Waals surface area contributed by atoms with E-state index in [1.807, 2.05) is 6.07 Å². The van der Waals surface area contributed by atoms with Crippen molar-refractivity contribution in [2.75, 3.05) is 22.8 Å². The van der Waals surface area contributed by atoms with Gasteiger partial charge in [-0.05, 0) is 53.9 Å². The highest BCUT2D eigenvalue weighted by molar-refractivity contribution is 7.92. The predicted molar refractivity (Wildman–Crippen MR) is 116 cm³/mol. The average molecular weight is 452 g/mol. The molecule has 0 spiro atoms. The zero-order valence-corrected chi connectivity index (χ0v) is 18.7. The summed E-state index contributed by atoms with van der Waals surface area (Å²) in [5, 5.41) is 2.71. The molecule has 0 aliphatic carbocycles. The van der Waals surface area contributed by atoms with Crippen molar-refractivity contribution in [2.24, 2.45) is 5.92 Å².